The van der Waals surface area contributed by atoms with Gasteiger partial charge in [-0.3, -0.25) is 4.79 Å². The number of hydrogen-bond acceptors (Lipinski definition) is 3. The maximum atomic E-state index is 12.6. The molecule has 3 rings (SSSR count). The van der Waals surface area contributed by atoms with Gasteiger partial charge in [0.25, 0.3) is 0 Å². The van der Waals surface area contributed by atoms with E-state index in [9.17, 15) is 13.2 Å². The summed E-state index contributed by atoms with van der Waals surface area (Å²) < 4.78 is 26.2. The van der Waals surface area contributed by atoms with Crippen LogP contribution in [0.4, 0.5) is 0 Å². The molecule has 5 nitrogen and oxygen atoms in total. The maximum absolute atomic E-state index is 12.6. The number of amides is 1. The molecular weight excluding hydrogens is 396 g/mol. The van der Waals surface area contributed by atoms with Crippen LogP contribution in [0.15, 0.2) is 59.5 Å². The molecule has 0 aliphatic heterocycles. The van der Waals surface area contributed by atoms with Crippen molar-refractivity contribution in [1.29, 1.82) is 0 Å². The molecule has 0 saturated heterocycles. The molecule has 0 aromatic heterocycles. The Bertz CT molecular complexity index is 908. The molecule has 0 atom stereocenters. The minimum absolute atomic E-state index is 0.114. The topological polar surface area (TPSA) is 66.5 Å². The number of benzene rings is 2. The average Bonchev–Trinajstić information content (AvgIpc) is 3.18. The highest BCUT2D eigenvalue weighted by Gasteiger charge is 2.36. The van der Waals surface area contributed by atoms with Crippen LogP contribution in [0.1, 0.15) is 31.2 Å². The van der Waals surface area contributed by atoms with Crippen molar-refractivity contribution in [3.05, 3.63) is 65.2 Å². The Balaban J connectivity index is 1.65. The standard InChI is InChI=1S/C21H25ClN2O3S/c1-24(28(26,27)19-7-3-2-4-8-19)15-20(25)23-16-21(13-5-6-14-21)17-9-11-18(22)12-10-17/h2-4,7-12H,5-6,13-16H2,1H3,(H,23,25). The molecule has 7 heteroatoms. The van der Waals surface area contributed by atoms with Gasteiger partial charge in [0, 0.05) is 24.0 Å². The number of nitrogens with one attached hydrogen (secondary N) is 1. The Labute approximate surface area is 171 Å². The SMILES string of the molecule is CN(CC(=O)NCC1(c2ccc(Cl)cc2)CCCC1)S(=O)(=O)c1ccccc1. The summed E-state index contributed by atoms with van der Waals surface area (Å²) in [5.74, 6) is -0.303. The molecular formula is C21H25ClN2O3S. The second-order valence-electron chi connectivity index (χ2n) is 7.35. The van der Waals surface area contributed by atoms with E-state index in [1.54, 1.807) is 18.2 Å². The fourth-order valence-electron chi connectivity index (χ4n) is 3.81. The summed E-state index contributed by atoms with van der Waals surface area (Å²) in [5.41, 5.74) is 1.05. The zero-order valence-corrected chi connectivity index (χ0v) is 17.5. The van der Waals surface area contributed by atoms with Gasteiger partial charge < -0.3 is 5.32 Å². The largest absolute Gasteiger partial charge is 0.354 e. The molecule has 0 radical (unpaired) electrons. The predicted molar refractivity (Wildman–Crippen MR) is 111 cm³/mol. The van der Waals surface area contributed by atoms with Crippen LogP contribution < -0.4 is 5.32 Å². The highest BCUT2D eigenvalue weighted by atomic mass is 35.5. The quantitative estimate of drug-likeness (QED) is 0.744. The number of hydrogen-bond donors (Lipinski definition) is 1. The minimum Gasteiger partial charge on any atom is -0.354 e. The Morgan fingerprint density at radius 3 is 2.29 bits per heavy atom. The first-order chi connectivity index (χ1) is 13.3. The zero-order chi connectivity index (χ0) is 20.2. The molecule has 1 aliphatic carbocycles. The summed E-state index contributed by atoms with van der Waals surface area (Å²) in [7, 11) is -2.26. The van der Waals surface area contributed by atoms with E-state index < -0.39 is 10.0 Å². The van der Waals surface area contributed by atoms with Gasteiger partial charge in [0.1, 0.15) is 0 Å². The smallest absolute Gasteiger partial charge is 0.243 e. The average molecular weight is 421 g/mol. The van der Waals surface area contributed by atoms with Gasteiger partial charge >= 0.3 is 0 Å². The van der Waals surface area contributed by atoms with E-state index in [1.165, 1.54) is 24.7 Å². The summed E-state index contributed by atoms with van der Waals surface area (Å²) in [6, 6.07) is 15.9. The number of halogens is 1. The van der Waals surface area contributed by atoms with Gasteiger partial charge in [-0.2, -0.15) is 4.31 Å². The first kappa shape index (κ1) is 20.8. The van der Waals surface area contributed by atoms with E-state index in [4.69, 9.17) is 11.6 Å². The second-order valence-corrected chi connectivity index (χ2v) is 9.83. The maximum Gasteiger partial charge on any atom is 0.243 e. The number of carbonyl (C=O) groups is 1. The first-order valence-corrected chi connectivity index (χ1v) is 11.2. The number of likely N-dealkylation sites (N-methyl/N-ethyl adjacent to an activating group) is 1. The normalized spacial score (nSPS) is 16.2. The van der Waals surface area contributed by atoms with Crippen molar-refractivity contribution in [3.63, 3.8) is 0 Å². The third-order valence-corrected chi connectivity index (χ3v) is 7.53. The summed E-state index contributed by atoms with van der Waals surface area (Å²) in [6.45, 7) is 0.278. The lowest BCUT2D eigenvalue weighted by Gasteiger charge is -2.30. The molecule has 150 valence electrons. The molecule has 1 saturated carbocycles. The minimum atomic E-state index is -3.69. The van der Waals surface area contributed by atoms with Crippen LogP contribution in [-0.4, -0.2) is 38.8 Å². The second kappa shape index (κ2) is 8.64. The summed E-state index contributed by atoms with van der Waals surface area (Å²) in [5, 5.41) is 3.64. The van der Waals surface area contributed by atoms with Crippen molar-refractivity contribution in [3.8, 4) is 0 Å². The number of carbonyl (C=O) groups excluding carboxylic acids is 1. The molecule has 0 spiro atoms. The van der Waals surface area contributed by atoms with Gasteiger partial charge in [-0.25, -0.2) is 8.42 Å². The summed E-state index contributed by atoms with van der Waals surface area (Å²) in [4.78, 5) is 12.7. The first-order valence-electron chi connectivity index (χ1n) is 9.38. The van der Waals surface area contributed by atoms with Gasteiger partial charge in [-0.05, 0) is 42.7 Å². The van der Waals surface area contributed by atoms with Crippen LogP contribution in [0.5, 0.6) is 0 Å². The molecule has 1 amide bonds. The summed E-state index contributed by atoms with van der Waals surface area (Å²) in [6.07, 6.45) is 4.21. The van der Waals surface area contributed by atoms with E-state index in [2.05, 4.69) is 5.32 Å². The Morgan fingerprint density at radius 2 is 1.68 bits per heavy atom. The van der Waals surface area contributed by atoms with E-state index in [0.717, 1.165) is 30.0 Å². The molecule has 0 unspecified atom stereocenters. The Morgan fingerprint density at radius 1 is 1.07 bits per heavy atom. The van der Waals surface area contributed by atoms with Crippen LogP contribution in [-0.2, 0) is 20.2 Å². The van der Waals surface area contributed by atoms with Crippen molar-refractivity contribution < 1.29 is 13.2 Å². The van der Waals surface area contributed by atoms with Crippen LogP contribution in [0.2, 0.25) is 5.02 Å². The van der Waals surface area contributed by atoms with Crippen LogP contribution in [0.25, 0.3) is 0 Å². The third-order valence-electron chi connectivity index (χ3n) is 5.46. The van der Waals surface area contributed by atoms with E-state index in [-0.39, 0.29) is 22.8 Å². The van der Waals surface area contributed by atoms with Gasteiger partial charge in [0.15, 0.2) is 0 Å². The lowest BCUT2D eigenvalue weighted by atomic mass is 9.79. The molecule has 1 aliphatic rings. The predicted octanol–water partition coefficient (Wildman–Crippen LogP) is 3.59. The van der Waals surface area contributed by atoms with E-state index in [0.29, 0.717) is 11.6 Å². The van der Waals surface area contributed by atoms with Crippen molar-refractivity contribution in [2.45, 2.75) is 36.0 Å². The molecule has 0 heterocycles. The molecule has 1 N–H and O–H groups in total. The molecule has 0 bridgehead atoms. The lowest BCUT2D eigenvalue weighted by Crippen LogP contribution is -2.44. The van der Waals surface area contributed by atoms with Crippen molar-refractivity contribution in [2.24, 2.45) is 0 Å². The summed E-state index contributed by atoms with van der Waals surface area (Å²) >= 11 is 6.01. The third kappa shape index (κ3) is 4.57. The van der Waals surface area contributed by atoms with Gasteiger partial charge in [-0.1, -0.05) is 54.8 Å². The van der Waals surface area contributed by atoms with Gasteiger partial charge in [-0.15, -0.1) is 0 Å². The van der Waals surface area contributed by atoms with Crippen LogP contribution in [0.3, 0.4) is 0 Å². The number of rotatable bonds is 7. The molecule has 1 fully saturated rings. The van der Waals surface area contributed by atoms with Crippen LogP contribution in [0, 0.1) is 0 Å². The highest BCUT2D eigenvalue weighted by molar-refractivity contribution is 7.89. The molecule has 2 aromatic rings. The lowest BCUT2D eigenvalue weighted by molar-refractivity contribution is -0.121. The highest BCUT2D eigenvalue weighted by Crippen LogP contribution is 2.40. The Kier molecular flexibility index (Phi) is 6.43. The van der Waals surface area contributed by atoms with Crippen molar-refractivity contribution >= 4 is 27.5 Å². The zero-order valence-electron chi connectivity index (χ0n) is 15.9. The van der Waals surface area contributed by atoms with E-state index in [1.807, 2.05) is 24.3 Å². The van der Waals surface area contributed by atoms with E-state index >= 15 is 0 Å². The van der Waals surface area contributed by atoms with Crippen LogP contribution >= 0.6 is 11.6 Å². The van der Waals surface area contributed by atoms with Crippen molar-refractivity contribution in [1.82, 2.24) is 9.62 Å². The fraction of sp³-hybridized carbons (Fsp3) is 0.381. The molecule has 28 heavy (non-hydrogen) atoms. The number of sulfonamides is 1. The number of nitrogens with zero attached hydrogens (tertiary/aromatic N) is 1. The van der Waals surface area contributed by atoms with Crippen molar-refractivity contribution in [2.75, 3.05) is 20.1 Å². The van der Waals surface area contributed by atoms with Gasteiger partial charge in [0.2, 0.25) is 15.9 Å². The Hall–Kier alpha value is -1.89. The van der Waals surface area contributed by atoms with Gasteiger partial charge in [0.05, 0.1) is 11.4 Å². The monoisotopic (exact) mass is 420 g/mol. The fourth-order valence-corrected chi connectivity index (χ4v) is 5.08. The molecule has 2 aromatic carbocycles.